The van der Waals surface area contributed by atoms with E-state index in [1.54, 1.807) is 0 Å². The summed E-state index contributed by atoms with van der Waals surface area (Å²) in [5.41, 5.74) is 6.52. The van der Waals surface area contributed by atoms with E-state index in [1.165, 1.54) is 0 Å². The van der Waals surface area contributed by atoms with Crippen molar-refractivity contribution >= 4 is 11.9 Å². The fourth-order valence-electron chi connectivity index (χ4n) is 1.93. The van der Waals surface area contributed by atoms with E-state index >= 15 is 0 Å². The molecular weight excluding hydrogens is 244 g/mol. The molecule has 0 fully saturated rings. The lowest BCUT2D eigenvalue weighted by Gasteiger charge is -2.13. The number of amides is 1. The Hall–Kier alpha value is -1.62. The van der Waals surface area contributed by atoms with Gasteiger partial charge in [-0.2, -0.15) is 0 Å². The molecule has 4 N–H and O–H groups in total. The molecule has 2 atom stereocenters. The van der Waals surface area contributed by atoms with E-state index in [0.29, 0.717) is 19.4 Å². The fourth-order valence-corrected chi connectivity index (χ4v) is 1.93. The average molecular weight is 266 g/mol. The lowest BCUT2D eigenvalue weighted by Crippen LogP contribution is -2.32. The number of nitrogens with one attached hydrogen (secondary N) is 1. The number of rotatable bonds is 8. The highest BCUT2D eigenvalue weighted by Gasteiger charge is 2.17. The van der Waals surface area contributed by atoms with Gasteiger partial charge in [0.2, 0.25) is 5.91 Å². The Bertz CT molecular complexity index is 388. The van der Waals surface area contributed by atoms with Crippen LogP contribution in [0.1, 0.15) is 32.6 Å². The van der Waals surface area contributed by atoms with E-state index in [9.17, 15) is 9.59 Å². The molecule has 0 saturated heterocycles. The van der Waals surface area contributed by atoms with Crippen LogP contribution in [-0.4, -0.2) is 29.6 Å². The third-order valence-corrected chi connectivity index (χ3v) is 3.31. The van der Waals surface area contributed by atoms with Gasteiger partial charge < -0.3 is 16.2 Å². The minimum atomic E-state index is -0.974. The van der Waals surface area contributed by atoms with E-state index in [2.05, 4.69) is 5.32 Å². The molecule has 19 heavy (non-hydrogen) atoms. The second-order valence-electron chi connectivity index (χ2n) is 4.83. The van der Waals surface area contributed by atoms with Crippen LogP contribution in [0.15, 0.2) is 23.8 Å². The maximum atomic E-state index is 11.8. The zero-order valence-electron chi connectivity index (χ0n) is 11.3. The van der Waals surface area contributed by atoms with Gasteiger partial charge in [-0.3, -0.25) is 9.59 Å². The van der Waals surface area contributed by atoms with Gasteiger partial charge in [0.25, 0.3) is 0 Å². The quantitative estimate of drug-likeness (QED) is 0.576. The molecule has 5 nitrogen and oxygen atoms in total. The molecule has 0 aromatic carbocycles. The Labute approximate surface area is 113 Å². The smallest absolute Gasteiger partial charge is 0.320 e. The van der Waals surface area contributed by atoms with Crippen molar-refractivity contribution < 1.29 is 14.7 Å². The number of unbranched alkanes of at least 4 members (excludes halogenated alkanes) is 1. The fraction of sp³-hybridized carbons (Fsp3) is 0.571. The highest BCUT2D eigenvalue weighted by Crippen LogP contribution is 2.19. The lowest BCUT2D eigenvalue weighted by atomic mass is 9.99. The molecule has 1 aliphatic carbocycles. The molecule has 0 aliphatic heterocycles. The molecule has 0 bridgehead atoms. The van der Waals surface area contributed by atoms with Gasteiger partial charge in [-0.15, -0.1) is 0 Å². The highest BCUT2D eigenvalue weighted by atomic mass is 16.4. The summed E-state index contributed by atoms with van der Waals surface area (Å²) in [6, 6.07) is -0.802. The Morgan fingerprint density at radius 3 is 2.79 bits per heavy atom. The number of allylic oxidation sites excluding steroid dienone is 3. The van der Waals surface area contributed by atoms with Gasteiger partial charge in [-0.25, -0.2) is 0 Å². The van der Waals surface area contributed by atoms with Gasteiger partial charge in [0.15, 0.2) is 0 Å². The predicted octanol–water partition coefficient (Wildman–Crippen LogP) is 1.21. The van der Waals surface area contributed by atoms with Gasteiger partial charge in [-0.1, -0.05) is 23.8 Å². The minimum Gasteiger partial charge on any atom is -0.480 e. The SMILES string of the molecule is CC(C(=O)NCCCC[C@H](N)C(=O)O)C1=CC=CC1. The monoisotopic (exact) mass is 266 g/mol. The van der Waals surface area contributed by atoms with E-state index in [-0.39, 0.29) is 11.8 Å². The van der Waals surface area contributed by atoms with Crippen LogP contribution in [0.25, 0.3) is 0 Å². The molecular formula is C14H22N2O3. The van der Waals surface area contributed by atoms with E-state index in [1.807, 2.05) is 25.2 Å². The van der Waals surface area contributed by atoms with Crippen LogP contribution in [-0.2, 0) is 9.59 Å². The van der Waals surface area contributed by atoms with Crippen LogP contribution in [0.4, 0.5) is 0 Å². The molecule has 1 aliphatic rings. The first kappa shape index (κ1) is 15.4. The molecule has 5 heteroatoms. The van der Waals surface area contributed by atoms with Crippen LogP contribution in [0.3, 0.4) is 0 Å². The largest absolute Gasteiger partial charge is 0.480 e. The molecule has 1 unspecified atom stereocenters. The number of carbonyl (C=O) groups excluding carboxylic acids is 1. The Morgan fingerprint density at radius 1 is 1.47 bits per heavy atom. The molecule has 106 valence electrons. The van der Waals surface area contributed by atoms with Crippen molar-refractivity contribution in [2.75, 3.05) is 6.54 Å². The average Bonchev–Trinajstić information content (AvgIpc) is 2.90. The number of hydrogen-bond donors (Lipinski definition) is 3. The molecule has 1 amide bonds. The summed E-state index contributed by atoms with van der Waals surface area (Å²) >= 11 is 0. The molecule has 0 radical (unpaired) electrons. The lowest BCUT2D eigenvalue weighted by molar-refractivity contribution is -0.138. The Kier molecular flexibility index (Phi) is 6.29. The third-order valence-electron chi connectivity index (χ3n) is 3.31. The number of hydrogen-bond acceptors (Lipinski definition) is 3. The van der Waals surface area contributed by atoms with Crippen LogP contribution in [0.5, 0.6) is 0 Å². The molecule has 0 aromatic rings. The van der Waals surface area contributed by atoms with Crippen molar-refractivity contribution in [1.82, 2.24) is 5.32 Å². The van der Waals surface area contributed by atoms with E-state index in [0.717, 1.165) is 18.4 Å². The molecule has 0 saturated carbocycles. The van der Waals surface area contributed by atoms with Gasteiger partial charge in [0.05, 0.1) is 5.92 Å². The second kappa shape index (κ2) is 7.74. The van der Waals surface area contributed by atoms with Crippen LogP contribution in [0, 0.1) is 5.92 Å². The number of aliphatic carboxylic acids is 1. The summed E-state index contributed by atoms with van der Waals surface area (Å²) < 4.78 is 0. The molecule has 0 spiro atoms. The van der Waals surface area contributed by atoms with Crippen molar-refractivity contribution in [1.29, 1.82) is 0 Å². The normalized spacial score (nSPS) is 16.8. The molecule has 0 aromatic heterocycles. The summed E-state index contributed by atoms with van der Waals surface area (Å²) in [7, 11) is 0. The van der Waals surface area contributed by atoms with Crippen LogP contribution >= 0.6 is 0 Å². The highest BCUT2D eigenvalue weighted by molar-refractivity contribution is 5.81. The number of carboxylic acids is 1. The maximum absolute atomic E-state index is 11.8. The third kappa shape index (κ3) is 5.26. The van der Waals surface area contributed by atoms with Crippen molar-refractivity contribution in [2.24, 2.45) is 11.7 Å². The topological polar surface area (TPSA) is 92.4 Å². The molecule has 1 rings (SSSR count). The zero-order chi connectivity index (χ0) is 14.3. The summed E-state index contributed by atoms with van der Waals surface area (Å²) in [5.74, 6) is -1.05. The zero-order valence-corrected chi connectivity index (χ0v) is 11.3. The summed E-state index contributed by atoms with van der Waals surface area (Å²) in [4.78, 5) is 22.3. The number of nitrogens with two attached hydrogens (primary N) is 1. The summed E-state index contributed by atoms with van der Waals surface area (Å²) in [5, 5.41) is 11.5. The Morgan fingerprint density at radius 2 is 2.21 bits per heavy atom. The van der Waals surface area contributed by atoms with Gasteiger partial charge >= 0.3 is 5.97 Å². The Balaban J connectivity index is 2.12. The first-order valence-electron chi connectivity index (χ1n) is 6.64. The van der Waals surface area contributed by atoms with Crippen molar-refractivity contribution in [3.63, 3.8) is 0 Å². The van der Waals surface area contributed by atoms with Crippen LogP contribution in [0.2, 0.25) is 0 Å². The number of carboxylic acid groups (broad SMARTS) is 1. The van der Waals surface area contributed by atoms with Crippen molar-refractivity contribution in [3.05, 3.63) is 23.8 Å². The van der Waals surface area contributed by atoms with E-state index < -0.39 is 12.0 Å². The first-order valence-corrected chi connectivity index (χ1v) is 6.64. The van der Waals surface area contributed by atoms with Gasteiger partial charge in [-0.05, 0) is 32.6 Å². The standard InChI is InChI=1S/C14H22N2O3/c1-10(11-6-2-3-7-11)13(17)16-9-5-4-8-12(15)14(18)19/h2-3,6,10,12H,4-5,7-9,15H2,1H3,(H,16,17)(H,18,19)/t10?,12-/m0/s1. The number of carbonyl (C=O) groups is 2. The first-order chi connectivity index (χ1) is 9.02. The maximum Gasteiger partial charge on any atom is 0.320 e. The van der Waals surface area contributed by atoms with Gasteiger partial charge in [0, 0.05) is 6.54 Å². The second-order valence-corrected chi connectivity index (χ2v) is 4.83. The van der Waals surface area contributed by atoms with E-state index in [4.69, 9.17) is 10.8 Å². The van der Waals surface area contributed by atoms with Crippen molar-refractivity contribution in [2.45, 2.75) is 38.6 Å². The minimum absolute atomic E-state index is 0.0254. The predicted molar refractivity (Wildman–Crippen MR) is 73.5 cm³/mol. The summed E-state index contributed by atoms with van der Waals surface area (Å²) in [6.07, 6.45) is 8.72. The van der Waals surface area contributed by atoms with Crippen molar-refractivity contribution in [3.8, 4) is 0 Å². The summed E-state index contributed by atoms with van der Waals surface area (Å²) in [6.45, 7) is 2.46. The van der Waals surface area contributed by atoms with Crippen LogP contribution < -0.4 is 11.1 Å². The molecule has 0 heterocycles. The van der Waals surface area contributed by atoms with Gasteiger partial charge in [0.1, 0.15) is 6.04 Å².